The first-order valence-corrected chi connectivity index (χ1v) is 7.04. The van der Waals surface area contributed by atoms with Gasteiger partial charge in [-0.1, -0.05) is 25.1 Å². The Hall–Kier alpha value is -1.77. The molecule has 100 valence electrons. The Balaban J connectivity index is 1.80. The number of nitrogens with zero attached hydrogens (tertiary/aromatic N) is 1. The van der Waals surface area contributed by atoms with E-state index in [1.54, 1.807) is 0 Å². The van der Waals surface area contributed by atoms with Crippen LogP contribution in [0.15, 0.2) is 30.5 Å². The maximum atomic E-state index is 12.3. The third-order valence-electron chi connectivity index (χ3n) is 4.16. The summed E-state index contributed by atoms with van der Waals surface area (Å²) < 4.78 is 0. The maximum Gasteiger partial charge on any atom is 0.226 e. The molecule has 1 aliphatic rings. The highest BCUT2D eigenvalue weighted by Gasteiger charge is 2.41. The van der Waals surface area contributed by atoms with E-state index in [1.165, 1.54) is 10.9 Å². The number of nitrogens with one attached hydrogen (secondary N) is 1. The van der Waals surface area contributed by atoms with Crippen molar-refractivity contribution in [3.05, 3.63) is 36.0 Å². The van der Waals surface area contributed by atoms with Crippen LogP contribution in [0.4, 0.5) is 0 Å². The smallest absolute Gasteiger partial charge is 0.226 e. The number of hydrogen-bond donors (Lipinski definition) is 1. The Morgan fingerprint density at radius 1 is 1.42 bits per heavy atom. The largest absolute Gasteiger partial charge is 0.361 e. The van der Waals surface area contributed by atoms with Crippen LogP contribution in [0, 0.1) is 11.8 Å². The highest BCUT2D eigenvalue weighted by molar-refractivity contribution is 5.85. The van der Waals surface area contributed by atoms with Crippen LogP contribution in [0.25, 0.3) is 10.9 Å². The number of aromatic nitrogens is 1. The van der Waals surface area contributed by atoms with Gasteiger partial charge < -0.3 is 9.88 Å². The van der Waals surface area contributed by atoms with E-state index in [1.807, 2.05) is 23.2 Å². The number of carbonyl (C=O) groups excluding carboxylic acids is 1. The monoisotopic (exact) mass is 256 g/mol. The SMILES string of the molecule is CCN(Cc1c[nH]c2ccccc12)C(=O)[C@H]1C[C@H]1C. The molecule has 2 aromatic rings. The number of aromatic amines is 1. The fourth-order valence-corrected chi connectivity index (χ4v) is 2.71. The first-order valence-electron chi connectivity index (χ1n) is 7.04. The van der Waals surface area contributed by atoms with Gasteiger partial charge >= 0.3 is 0 Å². The molecule has 2 atom stereocenters. The summed E-state index contributed by atoms with van der Waals surface area (Å²) in [5.41, 5.74) is 2.35. The molecule has 3 rings (SSSR count). The first kappa shape index (κ1) is 12.3. The van der Waals surface area contributed by atoms with Gasteiger partial charge in [0.05, 0.1) is 0 Å². The molecule has 0 unspecified atom stereocenters. The summed E-state index contributed by atoms with van der Waals surface area (Å²) in [7, 11) is 0. The lowest BCUT2D eigenvalue weighted by Crippen LogP contribution is -2.31. The van der Waals surface area contributed by atoms with E-state index in [0.717, 1.165) is 18.5 Å². The van der Waals surface area contributed by atoms with Crippen molar-refractivity contribution >= 4 is 16.8 Å². The molecule has 0 aliphatic heterocycles. The number of rotatable bonds is 4. The Kier molecular flexibility index (Phi) is 3.05. The van der Waals surface area contributed by atoms with E-state index in [-0.39, 0.29) is 5.92 Å². The lowest BCUT2D eigenvalue weighted by atomic mass is 10.1. The van der Waals surface area contributed by atoms with Crippen molar-refractivity contribution in [2.75, 3.05) is 6.54 Å². The van der Waals surface area contributed by atoms with Gasteiger partial charge in [-0.2, -0.15) is 0 Å². The second kappa shape index (κ2) is 4.72. The van der Waals surface area contributed by atoms with Crippen molar-refractivity contribution in [3.8, 4) is 0 Å². The molecule has 1 saturated carbocycles. The molecule has 0 radical (unpaired) electrons. The zero-order chi connectivity index (χ0) is 13.4. The zero-order valence-electron chi connectivity index (χ0n) is 11.5. The molecule has 19 heavy (non-hydrogen) atoms. The van der Waals surface area contributed by atoms with E-state index in [4.69, 9.17) is 0 Å². The van der Waals surface area contributed by atoms with Crippen LogP contribution in [0.3, 0.4) is 0 Å². The Bertz CT molecular complexity index is 602. The number of amides is 1. The standard InChI is InChI=1S/C16H20N2O/c1-3-18(16(19)14-8-11(14)2)10-12-9-17-15-7-5-4-6-13(12)15/h4-7,9,11,14,17H,3,8,10H2,1-2H3/t11-,14+/m1/s1. The highest BCUT2D eigenvalue weighted by atomic mass is 16.2. The van der Waals surface area contributed by atoms with E-state index in [0.29, 0.717) is 18.4 Å². The van der Waals surface area contributed by atoms with Gasteiger partial charge in [0.25, 0.3) is 0 Å². The molecular weight excluding hydrogens is 236 g/mol. The highest BCUT2D eigenvalue weighted by Crippen LogP contribution is 2.39. The molecule has 3 heteroatoms. The van der Waals surface area contributed by atoms with Gasteiger partial charge in [0.2, 0.25) is 5.91 Å². The van der Waals surface area contributed by atoms with Crippen LogP contribution in [-0.2, 0) is 11.3 Å². The molecule has 1 amide bonds. The van der Waals surface area contributed by atoms with Crippen LogP contribution in [-0.4, -0.2) is 22.3 Å². The van der Waals surface area contributed by atoms with Crippen molar-refractivity contribution in [1.29, 1.82) is 0 Å². The van der Waals surface area contributed by atoms with Gasteiger partial charge in [-0.05, 0) is 30.9 Å². The number of fused-ring (bicyclic) bond motifs is 1. The van der Waals surface area contributed by atoms with Gasteiger partial charge in [0.15, 0.2) is 0 Å². The first-order chi connectivity index (χ1) is 9.20. The van der Waals surface area contributed by atoms with Crippen LogP contribution in [0.1, 0.15) is 25.8 Å². The number of benzene rings is 1. The van der Waals surface area contributed by atoms with Gasteiger partial charge in [-0.15, -0.1) is 0 Å². The summed E-state index contributed by atoms with van der Waals surface area (Å²) in [5, 5.41) is 1.22. The summed E-state index contributed by atoms with van der Waals surface area (Å²) in [6.45, 7) is 5.70. The van der Waals surface area contributed by atoms with Crippen LogP contribution in [0.5, 0.6) is 0 Å². The Labute approximate surface area is 113 Å². The molecule has 3 nitrogen and oxygen atoms in total. The quantitative estimate of drug-likeness (QED) is 0.896. The molecular formula is C16H20N2O. The predicted molar refractivity (Wildman–Crippen MR) is 76.7 cm³/mol. The topological polar surface area (TPSA) is 36.1 Å². The van der Waals surface area contributed by atoms with Crippen molar-refractivity contribution in [2.45, 2.75) is 26.8 Å². The summed E-state index contributed by atoms with van der Waals surface area (Å²) >= 11 is 0. The second-order valence-corrected chi connectivity index (χ2v) is 5.53. The Morgan fingerprint density at radius 3 is 2.84 bits per heavy atom. The summed E-state index contributed by atoms with van der Waals surface area (Å²) in [4.78, 5) is 17.6. The average Bonchev–Trinajstić information content (AvgIpc) is 3.02. The second-order valence-electron chi connectivity index (χ2n) is 5.53. The van der Waals surface area contributed by atoms with Crippen molar-refractivity contribution in [2.24, 2.45) is 11.8 Å². The minimum Gasteiger partial charge on any atom is -0.361 e. The van der Waals surface area contributed by atoms with Crippen molar-refractivity contribution < 1.29 is 4.79 Å². The molecule has 0 spiro atoms. The number of hydrogen-bond acceptors (Lipinski definition) is 1. The predicted octanol–water partition coefficient (Wildman–Crippen LogP) is 3.17. The zero-order valence-corrected chi connectivity index (χ0v) is 11.5. The van der Waals surface area contributed by atoms with Crippen LogP contribution in [0.2, 0.25) is 0 Å². The van der Waals surface area contributed by atoms with E-state index in [9.17, 15) is 4.79 Å². The number of carbonyl (C=O) groups is 1. The number of para-hydroxylation sites is 1. The van der Waals surface area contributed by atoms with Crippen LogP contribution >= 0.6 is 0 Å². The molecule has 1 fully saturated rings. The van der Waals surface area contributed by atoms with E-state index < -0.39 is 0 Å². The minimum atomic E-state index is 0.269. The van der Waals surface area contributed by atoms with E-state index in [2.05, 4.69) is 31.0 Å². The molecule has 1 aromatic heterocycles. The van der Waals surface area contributed by atoms with Gasteiger partial charge in [-0.3, -0.25) is 4.79 Å². The van der Waals surface area contributed by atoms with Crippen LogP contribution < -0.4 is 0 Å². The van der Waals surface area contributed by atoms with E-state index >= 15 is 0 Å². The third-order valence-corrected chi connectivity index (χ3v) is 4.16. The molecule has 1 heterocycles. The fourth-order valence-electron chi connectivity index (χ4n) is 2.71. The molecule has 1 aliphatic carbocycles. The lowest BCUT2D eigenvalue weighted by Gasteiger charge is -2.20. The summed E-state index contributed by atoms with van der Waals surface area (Å²) in [5.74, 6) is 1.16. The fraction of sp³-hybridized carbons (Fsp3) is 0.438. The molecule has 0 bridgehead atoms. The maximum absolute atomic E-state index is 12.3. The molecule has 1 aromatic carbocycles. The Morgan fingerprint density at radius 2 is 2.16 bits per heavy atom. The third kappa shape index (κ3) is 2.25. The van der Waals surface area contributed by atoms with Gasteiger partial charge in [0.1, 0.15) is 0 Å². The summed E-state index contributed by atoms with van der Waals surface area (Å²) in [6, 6.07) is 8.25. The van der Waals surface area contributed by atoms with Gasteiger partial charge in [0, 0.05) is 36.1 Å². The normalized spacial score (nSPS) is 21.6. The van der Waals surface area contributed by atoms with Gasteiger partial charge in [-0.25, -0.2) is 0 Å². The molecule has 1 N–H and O–H groups in total. The summed E-state index contributed by atoms with van der Waals surface area (Å²) in [6.07, 6.45) is 3.08. The molecule has 0 saturated heterocycles. The minimum absolute atomic E-state index is 0.269. The average molecular weight is 256 g/mol. The number of H-pyrrole nitrogens is 1. The van der Waals surface area contributed by atoms with Crippen molar-refractivity contribution in [3.63, 3.8) is 0 Å². The lowest BCUT2D eigenvalue weighted by molar-refractivity contribution is -0.133. The van der Waals surface area contributed by atoms with Crippen molar-refractivity contribution in [1.82, 2.24) is 9.88 Å².